The van der Waals surface area contributed by atoms with E-state index in [1.54, 1.807) is 0 Å². The topological polar surface area (TPSA) is 63.2 Å². The van der Waals surface area contributed by atoms with Crippen LogP contribution < -0.4 is 4.74 Å². The molecule has 1 fully saturated rings. The molecule has 1 aliphatic rings. The van der Waals surface area contributed by atoms with E-state index in [0.717, 1.165) is 61.0 Å². The molecule has 40 heavy (non-hydrogen) atoms. The minimum atomic E-state index is -0.718. The number of hydrogen-bond acceptors (Lipinski definition) is 6. The van der Waals surface area contributed by atoms with Gasteiger partial charge in [-0.05, 0) is 67.5 Å². The summed E-state index contributed by atoms with van der Waals surface area (Å²) in [6.45, 7) is 10.8. The van der Waals surface area contributed by atoms with Crippen LogP contribution in [0.4, 0.5) is 0 Å². The van der Waals surface area contributed by atoms with Crippen molar-refractivity contribution in [3.05, 3.63) is 64.2 Å². The highest BCUT2D eigenvalue weighted by molar-refractivity contribution is 6.31. The second-order valence-corrected chi connectivity index (χ2v) is 10.7. The summed E-state index contributed by atoms with van der Waals surface area (Å²) < 4.78 is 30.5. The lowest BCUT2D eigenvalue weighted by atomic mass is 9.90. The first-order valence-corrected chi connectivity index (χ1v) is 15.4. The second-order valence-electron chi connectivity index (χ2n) is 10.3. The van der Waals surface area contributed by atoms with Gasteiger partial charge in [-0.25, -0.2) is 0 Å². The van der Waals surface area contributed by atoms with Gasteiger partial charge in [0, 0.05) is 24.8 Å². The minimum absolute atomic E-state index is 0.103. The van der Waals surface area contributed by atoms with E-state index in [4.69, 9.17) is 35.3 Å². The quantitative estimate of drug-likeness (QED) is 0.171. The molecule has 4 atom stereocenters. The normalized spacial score (nSPS) is 21.1. The summed E-state index contributed by atoms with van der Waals surface area (Å²) in [5.74, 6) is 0.744. The third kappa shape index (κ3) is 9.56. The number of ketones is 1. The third-order valence-corrected chi connectivity index (χ3v) is 7.42. The van der Waals surface area contributed by atoms with Gasteiger partial charge < -0.3 is 23.7 Å². The van der Waals surface area contributed by atoms with Gasteiger partial charge in [0.15, 0.2) is 5.78 Å². The molecule has 0 spiro atoms. The molecule has 1 aliphatic heterocycles. The summed E-state index contributed by atoms with van der Waals surface area (Å²) in [6.07, 6.45) is 3.90. The van der Waals surface area contributed by atoms with E-state index in [-0.39, 0.29) is 12.4 Å². The fraction of sp³-hybridized carbons (Fsp3) is 0.606. The summed E-state index contributed by atoms with van der Waals surface area (Å²) in [4.78, 5) is 13.6. The average Bonchev–Trinajstić information content (AvgIpc) is 2.96. The van der Waals surface area contributed by atoms with Crippen LogP contribution in [0.3, 0.4) is 0 Å². The molecule has 3 rings (SSSR count). The molecular formula is C33H47ClO6. The van der Waals surface area contributed by atoms with Crippen molar-refractivity contribution < 1.29 is 28.5 Å². The Bertz CT molecular complexity index is 1010. The van der Waals surface area contributed by atoms with Crippen molar-refractivity contribution in [2.75, 3.05) is 33.0 Å². The molecule has 6 nitrogen and oxygen atoms in total. The fourth-order valence-corrected chi connectivity index (χ4v) is 4.90. The molecule has 1 heterocycles. The van der Waals surface area contributed by atoms with Gasteiger partial charge in [-0.3, -0.25) is 4.79 Å². The van der Waals surface area contributed by atoms with Gasteiger partial charge in [0.05, 0.1) is 13.2 Å². The van der Waals surface area contributed by atoms with Crippen LogP contribution in [0.15, 0.2) is 42.5 Å². The van der Waals surface area contributed by atoms with Crippen LogP contribution in [0.5, 0.6) is 5.75 Å². The Morgan fingerprint density at radius 2 is 1.52 bits per heavy atom. The number of rotatable bonds is 18. The van der Waals surface area contributed by atoms with Gasteiger partial charge in [-0.2, -0.15) is 0 Å². The number of hydrogen-bond donors (Lipinski definition) is 0. The summed E-state index contributed by atoms with van der Waals surface area (Å²) in [5, 5.41) is 0.683. The van der Waals surface area contributed by atoms with E-state index in [9.17, 15) is 4.79 Å². The summed E-state index contributed by atoms with van der Waals surface area (Å²) in [7, 11) is 0. The van der Waals surface area contributed by atoms with Crippen LogP contribution in [0.25, 0.3) is 0 Å². The maximum atomic E-state index is 13.6. The molecule has 0 amide bonds. The van der Waals surface area contributed by atoms with Crippen LogP contribution in [0, 0.1) is 0 Å². The van der Waals surface area contributed by atoms with Crippen LogP contribution in [0.2, 0.25) is 5.02 Å². The van der Waals surface area contributed by atoms with Gasteiger partial charge in [-0.15, -0.1) is 0 Å². The molecule has 4 unspecified atom stereocenters. The van der Waals surface area contributed by atoms with Crippen molar-refractivity contribution in [1.29, 1.82) is 0 Å². The predicted molar refractivity (Wildman–Crippen MR) is 160 cm³/mol. The number of carbonyl (C=O) groups is 1. The van der Waals surface area contributed by atoms with Gasteiger partial charge >= 0.3 is 0 Å². The first-order chi connectivity index (χ1) is 19.5. The summed E-state index contributed by atoms with van der Waals surface area (Å²) in [6, 6.07) is 14.0. The lowest BCUT2D eigenvalue weighted by molar-refractivity contribution is -0.209. The standard InChI is InChI=1S/C33H47ClO6/c1-5-9-18-36-23-29-30(35)32(38-19-10-6-2)33(39-20-11-7-3)31(40-29)25-14-17-28(34)26(22-25)21-24-12-15-27(16-13-24)37-8-4/h12-17,22,29,31-33H,5-11,18-21,23H2,1-4H3. The van der Waals surface area contributed by atoms with E-state index in [0.29, 0.717) is 37.9 Å². The lowest BCUT2D eigenvalue weighted by Crippen LogP contribution is -2.55. The van der Waals surface area contributed by atoms with Crippen molar-refractivity contribution in [2.45, 2.75) is 97.1 Å². The number of benzene rings is 2. The smallest absolute Gasteiger partial charge is 0.195 e. The number of Topliss-reactive ketones (excluding diaryl/α,β-unsaturated/α-hetero) is 1. The number of unbranched alkanes of at least 4 members (excludes halogenated alkanes) is 3. The molecule has 0 aromatic heterocycles. The molecule has 7 heteroatoms. The third-order valence-electron chi connectivity index (χ3n) is 7.05. The maximum absolute atomic E-state index is 13.6. The number of halogens is 1. The lowest BCUT2D eigenvalue weighted by Gasteiger charge is -2.40. The van der Waals surface area contributed by atoms with E-state index in [2.05, 4.69) is 39.0 Å². The molecule has 222 valence electrons. The van der Waals surface area contributed by atoms with Crippen molar-refractivity contribution in [1.82, 2.24) is 0 Å². The highest BCUT2D eigenvalue weighted by atomic mass is 35.5. The highest BCUT2D eigenvalue weighted by Crippen LogP contribution is 2.36. The Morgan fingerprint density at radius 1 is 0.850 bits per heavy atom. The Balaban J connectivity index is 1.90. The molecule has 0 radical (unpaired) electrons. The van der Waals surface area contributed by atoms with E-state index < -0.39 is 24.4 Å². The van der Waals surface area contributed by atoms with Crippen LogP contribution >= 0.6 is 11.6 Å². The highest BCUT2D eigenvalue weighted by Gasteiger charge is 2.47. The molecule has 2 aromatic rings. The average molecular weight is 575 g/mol. The van der Waals surface area contributed by atoms with Gasteiger partial charge in [0.1, 0.15) is 30.2 Å². The maximum Gasteiger partial charge on any atom is 0.195 e. The van der Waals surface area contributed by atoms with E-state index in [1.807, 2.05) is 31.2 Å². The predicted octanol–water partition coefficient (Wildman–Crippen LogP) is 7.53. The minimum Gasteiger partial charge on any atom is -0.494 e. The van der Waals surface area contributed by atoms with Crippen molar-refractivity contribution in [2.24, 2.45) is 0 Å². The Kier molecular flexibility index (Phi) is 14.5. The van der Waals surface area contributed by atoms with Crippen molar-refractivity contribution in [3.8, 4) is 5.75 Å². The Hall–Kier alpha value is -1.96. The largest absolute Gasteiger partial charge is 0.494 e. The van der Waals surface area contributed by atoms with Gasteiger partial charge in [0.2, 0.25) is 0 Å². The van der Waals surface area contributed by atoms with E-state index in [1.165, 1.54) is 0 Å². The first kappa shape index (κ1) is 32.6. The zero-order valence-corrected chi connectivity index (χ0v) is 25.4. The molecular weight excluding hydrogens is 528 g/mol. The summed E-state index contributed by atoms with van der Waals surface area (Å²) >= 11 is 6.67. The van der Waals surface area contributed by atoms with Crippen LogP contribution in [-0.4, -0.2) is 57.1 Å². The molecule has 0 N–H and O–H groups in total. The monoisotopic (exact) mass is 574 g/mol. The van der Waals surface area contributed by atoms with Crippen molar-refractivity contribution >= 4 is 17.4 Å². The zero-order chi connectivity index (χ0) is 28.7. The molecule has 0 aliphatic carbocycles. The second kappa shape index (κ2) is 17.8. The number of carbonyl (C=O) groups excluding carboxylic acids is 1. The summed E-state index contributed by atoms with van der Waals surface area (Å²) in [5.41, 5.74) is 3.03. The molecule has 0 bridgehead atoms. The number of ether oxygens (including phenoxy) is 5. The first-order valence-electron chi connectivity index (χ1n) is 15.0. The van der Waals surface area contributed by atoms with Crippen LogP contribution in [-0.2, 0) is 30.2 Å². The molecule has 1 saturated heterocycles. The van der Waals surface area contributed by atoms with Crippen LogP contribution in [0.1, 0.15) is 89.0 Å². The zero-order valence-electron chi connectivity index (χ0n) is 24.7. The van der Waals surface area contributed by atoms with Crippen molar-refractivity contribution in [3.63, 3.8) is 0 Å². The van der Waals surface area contributed by atoms with E-state index >= 15 is 0 Å². The molecule has 2 aromatic carbocycles. The van der Waals surface area contributed by atoms with Gasteiger partial charge in [-0.1, -0.05) is 75.9 Å². The fourth-order valence-electron chi connectivity index (χ4n) is 4.72. The van der Waals surface area contributed by atoms with Gasteiger partial charge in [0.25, 0.3) is 0 Å². The molecule has 0 saturated carbocycles. The Labute approximate surface area is 245 Å². The Morgan fingerprint density at radius 3 is 2.20 bits per heavy atom. The SMILES string of the molecule is CCCCOCC1OC(c2ccc(Cl)c(Cc3ccc(OCC)cc3)c2)C(OCCCC)C(OCCCC)C1=O.